The molecule has 12 heteroatoms. The van der Waals surface area contributed by atoms with E-state index in [0.29, 0.717) is 5.69 Å². The largest absolute Gasteiger partial charge is 0.480 e. The summed E-state index contributed by atoms with van der Waals surface area (Å²) in [5, 5.41) is 17.0. The molecule has 7 N–H and O–H groups in total. The molecule has 1 heterocycles. The summed E-state index contributed by atoms with van der Waals surface area (Å²) in [5.74, 6) is -3.20. The number of hydrogen-bond acceptors (Lipinski definition) is 7. The zero-order chi connectivity index (χ0) is 24.4. The van der Waals surface area contributed by atoms with Gasteiger partial charge in [0.25, 0.3) is 0 Å². The lowest BCUT2D eigenvalue weighted by atomic mass is 10.0. The van der Waals surface area contributed by atoms with Crippen LogP contribution in [-0.2, 0) is 32.0 Å². The van der Waals surface area contributed by atoms with E-state index in [2.05, 4.69) is 38.5 Å². The van der Waals surface area contributed by atoms with Crippen molar-refractivity contribution in [3.05, 3.63) is 54.1 Å². The van der Waals surface area contributed by atoms with Crippen molar-refractivity contribution in [1.82, 2.24) is 25.9 Å². The van der Waals surface area contributed by atoms with E-state index in [1.54, 1.807) is 24.3 Å². The van der Waals surface area contributed by atoms with Crippen LogP contribution in [0.15, 0.2) is 42.9 Å². The van der Waals surface area contributed by atoms with Crippen LogP contribution in [0.2, 0.25) is 0 Å². The summed E-state index contributed by atoms with van der Waals surface area (Å²) < 4.78 is 0. The average molecular weight is 477 g/mol. The fourth-order valence-electron chi connectivity index (χ4n) is 2.92. The van der Waals surface area contributed by atoms with Gasteiger partial charge in [0.2, 0.25) is 17.7 Å². The van der Waals surface area contributed by atoms with Gasteiger partial charge >= 0.3 is 5.97 Å². The summed E-state index contributed by atoms with van der Waals surface area (Å²) >= 11 is 4.12. The molecule has 0 aliphatic rings. The fraction of sp³-hybridized carbons (Fsp3) is 0.381. The molecule has 33 heavy (non-hydrogen) atoms. The van der Waals surface area contributed by atoms with E-state index in [1.165, 1.54) is 19.4 Å². The van der Waals surface area contributed by atoms with Gasteiger partial charge in [0.05, 0.1) is 12.4 Å². The third-order valence-electron chi connectivity index (χ3n) is 4.74. The number of carbonyl (C=O) groups is 4. The predicted octanol–water partition coefficient (Wildman–Crippen LogP) is -0.989. The molecule has 0 fully saturated rings. The Hall–Kier alpha value is -3.38. The normalized spacial score (nSPS) is 14.4. The first-order valence-electron chi connectivity index (χ1n) is 10.2. The van der Waals surface area contributed by atoms with Crippen molar-refractivity contribution in [3.8, 4) is 0 Å². The lowest BCUT2D eigenvalue weighted by Crippen LogP contribution is -2.58. The van der Waals surface area contributed by atoms with Crippen LogP contribution >= 0.6 is 12.6 Å². The summed E-state index contributed by atoms with van der Waals surface area (Å²) in [4.78, 5) is 55.9. The molecule has 0 aliphatic heterocycles. The second kappa shape index (κ2) is 12.6. The maximum Gasteiger partial charge on any atom is 0.326 e. The number of rotatable bonds is 12. The number of nitrogens with zero attached hydrogens (tertiary/aromatic N) is 1. The monoisotopic (exact) mass is 476 g/mol. The zero-order valence-corrected chi connectivity index (χ0v) is 18.9. The van der Waals surface area contributed by atoms with Gasteiger partial charge in [0.1, 0.15) is 18.1 Å². The van der Waals surface area contributed by atoms with Crippen LogP contribution in [0.3, 0.4) is 0 Å². The van der Waals surface area contributed by atoms with Crippen molar-refractivity contribution < 1.29 is 24.3 Å². The van der Waals surface area contributed by atoms with E-state index in [9.17, 15) is 24.3 Å². The maximum absolute atomic E-state index is 12.9. The van der Waals surface area contributed by atoms with Gasteiger partial charge in [-0.2, -0.15) is 12.6 Å². The molecule has 178 valence electrons. The van der Waals surface area contributed by atoms with E-state index in [4.69, 9.17) is 5.73 Å². The Kier molecular flexibility index (Phi) is 9.88. The Labute approximate surface area is 196 Å². The van der Waals surface area contributed by atoms with Crippen LogP contribution in [0.5, 0.6) is 0 Å². The fourth-order valence-corrected chi connectivity index (χ4v) is 3.17. The number of aromatic amines is 1. The average Bonchev–Trinajstić information content (AvgIpc) is 3.30. The Balaban J connectivity index is 2.09. The van der Waals surface area contributed by atoms with E-state index < -0.39 is 47.9 Å². The van der Waals surface area contributed by atoms with Crippen LogP contribution in [-0.4, -0.2) is 68.7 Å². The number of nitrogens with two attached hydrogens (primary N) is 1. The Morgan fingerprint density at radius 1 is 1.00 bits per heavy atom. The van der Waals surface area contributed by atoms with Gasteiger partial charge in [0.15, 0.2) is 0 Å². The highest BCUT2D eigenvalue weighted by atomic mass is 32.1. The topological polar surface area (TPSA) is 179 Å². The van der Waals surface area contributed by atoms with Crippen molar-refractivity contribution in [2.24, 2.45) is 5.73 Å². The Morgan fingerprint density at radius 2 is 1.61 bits per heavy atom. The van der Waals surface area contributed by atoms with Gasteiger partial charge in [0, 0.05) is 30.5 Å². The van der Waals surface area contributed by atoms with Crippen molar-refractivity contribution in [2.45, 2.75) is 43.9 Å². The molecule has 0 radical (unpaired) electrons. The molecule has 3 amide bonds. The van der Waals surface area contributed by atoms with Crippen LogP contribution in [0.25, 0.3) is 0 Å². The molecule has 1 aromatic heterocycles. The number of aromatic nitrogens is 2. The summed E-state index contributed by atoms with van der Waals surface area (Å²) in [6, 6.07) is 4.82. The number of benzene rings is 1. The minimum atomic E-state index is -1.24. The minimum Gasteiger partial charge on any atom is -0.480 e. The number of amides is 3. The van der Waals surface area contributed by atoms with Crippen molar-refractivity contribution >= 4 is 36.3 Å². The Morgan fingerprint density at radius 3 is 2.15 bits per heavy atom. The van der Waals surface area contributed by atoms with Crippen LogP contribution in [0, 0.1) is 0 Å². The number of thiol groups is 1. The molecule has 11 nitrogen and oxygen atoms in total. The molecule has 2 rings (SSSR count). The van der Waals surface area contributed by atoms with E-state index in [1.807, 2.05) is 6.07 Å². The number of hydrogen-bond donors (Lipinski definition) is 7. The summed E-state index contributed by atoms with van der Waals surface area (Å²) in [6.07, 6.45) is 3.00. The summed E-state index contributed by atoms with van der Waals surface area (Å²) in [7, 11) is 0. The van der Waals surface area contributed by atoms with Gasteiger partial charge in [-0.05, 0) is 12.5 Å². The number of H-pyrrole nitrogens is 1. The quantitative estimate of drug-likeness (QED) is 0.192. The highest BCUT2D eigenvalue weighted by Gasteiger charge is 2.29. The van der Waals surface area contributed by atoms with E-state index in [0.717, 1.165) is 5.56 Å². The molecule has 0 spiro atoms. The number of carboxylic acid groups (broad SMARTS) is 1. The van der Waals surface area contributed by atoms with E-state index >= 15 is 0 Å². The van der Waals surface area contributed by atoms with Gasteiger partial charge in [-0.25, -0.2) is 9.78 Å². The predicted molar refractivity (Wildman–Crippen MR) is 123 cm³/mol. The smallest absolute Gasteiger partial charge is 0.326 e. The maximum atomic E-state index is 12.9. The molecule has 0 bridgehead atoms. The summed E-state index contributed by atoms with van der Waals surface area (Å²) in [5.41, 5.74) is 6.92. The van der Waals surface area contributed by atoms with Gasteiger partial charge in [-0.3, -0.25) is 14.4 Å². The molecular formula is C21H28N6O5S. The molecule has 0 saturated heterocycles. The van der Waals surface area contributed by atoms with Crippen molar-refractivity contribution in [1.29, 1.82) is 0 Å². The summed E-state index contributed by atoms with van der Waals surface area (Å²) in [6.45, 7) is 1.49. The standard InChI is InChI=1S/C21H28N6O5S/c1-12(22)18(28)25-15(7-13-5-3-2-4-6-13)19(29)27-17(10-33)20(30)26-16(21(31)32)8-14-9-23-11-24-14/h2-6,9,11-12,15-17,33H,7-8,10,22H2,1H3,(H,23,24)(H,25,28)(H,26,30)(H,27,29)(H,31,32). The first-order valence-corrected chi connectivity index (χ1v) is 10.9. The number of aliphatic carboxylic acids is 1. The van der Waals surface area contributed by atoms with Gasteiger partial charge < -0.3 is 31.8 Å². The van der Waals surface area contributed by atoms with E-state index in [-0.39, 0.29) is 18.6 Å². The van der Waals surface area contributed by atoms with Crippen molar-refractivity contribution in [3.63, 3.8) is 0 Å². The SMILES string of the molecule is CC(N)C(=O)NC(Cc1ccccc1)C(=O)NC(CS)C(=O)NC(Cc1cnc[nH]1)C(=O)O. The molecule has 1 aromatic carbocycles. The molecule has 0 saturated carbocycles. The van der Waals surface area contributed by atoms with Crippen molar-refractivity contribution in [2.75, 3.05) is 5.75 Å². The second-order valence-electron chi connectivity index (χ2n) is 7.46. The second-order valence-corrected chi connectivity index (χ2v) is 7.83. The molecule has 4 unspecified atom stereocenters. The highest BCUT2D eigenvalue weighted by molar-refractivity contribution is 7.80. The van der Waals surface area contributed by atoms with Gasteiger partial charge in [-0.1, -0.05) is 30.3 Å². The zero-order valence-electron chi connectivity index (χ0n) is 18.0. The lowest BCUT2D eigenvalue weighted by molar-refractivity contribution is -0.142. The number of nitrogens with one attached hydrogen (secondary N) is 4. The number of carbonyl (C=O) groups excluding carboxylic acids is 3. The Bertz CT molecular complexity index is 938. The molecule has 0 aliphatic carbocycles. The first-order chi connectivity index (χ1) is 15.7. The third kappa shape index (κ3) is 8.24. The van der Waals surface area contributed by atoms with Crippen LogP contribution < -0.4 is 21.7 Å². The minimum absolute atomic E-state index is 0.0185. The molecule has 2 aromatic rings. The first kappa shape index (κ1) is 25.9. The van der Waals surface area contributed by atoms with Crippen LogP contribution in [0.1, 0.15) is 18.2 Å². The van der Waals surface area contributed by atoms with Gasteiger partial charge in [-0.15, -0.1) is 0 Å². The number of imidazole rings is 1. The third-order valence-corrected chi connectivity index (χ3v) is 5.10. The highest BCUT2D eigenvalue weighted by Crippen LogP contribution is 2.05. The van der Waals surface area contributed by atoms with Crippen LogP contribution in [0.4, 0.5) is 0 Å². The lowest BCUT2D eigenvalue weighted by Gasteiger charge is -2.24. The molecular weight excluding hydrogens is 448 g/mol. The number of carboxylic acids is 1. The molecule has 4 atom stereocenters.